The molecule has 4 rings (SSSR count). The van der Waals surface area contributed by atoms with Crippen LogP contribution in [0.1, 0.15) is 0 Å². The van der Waals surface area contributed by atoms with E-state index in [0.717, 1.165) is 24.3 Å². The van der Waals surface area contributed by atoms with Crippen LogP contribution in [0.2, 0.25) is 5.02 Å². The molecule has 2 aromatic heterocycles. The van der Waals surface area contributed by atoms with Crippen molar-refractivity contribution in [2.24, 2.45) is 0 Å². The number of benzene rings is 1. The van der Waals surface area contributed by atoms with Gasteiger partial charge in [0.05, 0.1) is 23.1 Å². The lowest BCUT2D eigenvalue weighted by atomic mass is 10.2. The number of rotatable bonds is 7. The summed E-state index contributed by atoms with van der Waals surface area (Å²) < 4.78 is 1.87. The van der Waals surface area contributed by atoms with Gasteiger partial charge in [0.1, 0.15) is 0 Å². The number of piperazine rings is 1. The molecule has 1 aliphatic heterocycles. The first kappa shape index (κ1) is 21.8. The van der Waals surface area contributed by atoms with Gasteiger partial charge in [0.25, 0.3) is 0 Å². The topological polar surface area (TPSA) is 87.4 Å². The first-order valence-corrected chi connectivity index (χ1v) is 11.4. The fourth-order valence-electron chi connectivity index (χ4n) is 3.48. The average molecular weight is 459 g/mol. The number of thioether (sulfide) groups is 1. The van der Waals surface area contributed by atoms with Gasteiger partial charge in [0.15, 0.2) is 11.0 Å². The largest absolute Gasteiger partial charge is 0.395 e. The van der Waals surface area contributed by atoms with E-state index in [0.29, 0.717) is 35.6 Å². The van der Waals surface area contributed by atoms with E-state index in [1.54, 1.807) is 12.4 Å². The first-order valence-electron chi connectivity index (χ1n) is 10.0. The van der Waals surface area contributed by atoms with Crippen molar-refractivity contribution in [3.8, 4) is 17.1 Å². The van der Waals surface area contributed by atoms with Gasteiger partial charge in [-0.15, -0.1) is 10.2 Å². The van der Waals surface area contributed by atoms with E-state index in [-0.39, 0.29) is 18.3 Å². The average Bonchev–Trinajstić information content (AvgIpc) is 3.23. The highest BCUT2D eigenvalue weighted by Gasteiger charge is 2.23. The number of nitrogens with zero attached hydrogens (tertiary/aromatic N) is 6. The van der Waals surface area contributed by atoms with Crippen molar-refractivity contribution in [2.45, 2.75) is 5.16 Å². The monoisotopic (exact) mass is 458 g/mol. The Morgan fingerprint density at radius 1 is 1.10 bits per heavy atom. The summed E-state index contributed by atoms with van der Waals surface area (Å²) in [5.74, 6) is 0.939. The Morgan fingerprint density at radius 3 is 2.61 bits per heavy atom. The first-order chi connectivity index (χ1) is 15.2. The smallest absolute Gasteiger partial charge is 0.233 e. The van der Waals surface area contributed by atoms with Crippen LogP contribution in [-0.2, 0) is 4.79 Å². The van der Waals surface area contributed by atoms with Crippen LogP contribution in [0.25, 0.3) is 17.1 Å². The molecular formula is C21H23ClN6O2S. The lowest BCUT2D eigenvalue weighted by Crippen LogP contribution is -2.49. The molecule has 1 aliphatic rings. The van der Waals surface area contributed by atoms with E-state index < -0.39 is 0 Å². The second-order valence-corrected chi connectivity index (χ2v) is 8.42. The molecule has 0 bridgehead atoms. The fourth-order valence-corrected chi connectivity index (χ4v) is 4.54. The summed E-state index contributed by atoms with van der Waals surface area (Å²) in [7, 11) is 0. The van der Waals surface area contributed by atoms with Gasteiger partial charge >= 0.3 is 0 Å². The Balaban J connectivity index is 1.53. The number of aliphatic hydroxyl groups excluding tert-OH is 1. The molecule has 0 aliphatic carbocycles. The molecule has 0 spiro atoms. The molecule has 1 amide bonds. The van der Waals surface area contributed by atoms with Crippen molar-refractivity contribution in [1.29, 1.82) is 0 Å². The Bertz CT molecular complexity index is 1020. The lowest BCUT2D eigenvalue weighted by molar-refractivity contribution is -0.130. The van der Waals surface area contributed by atoms with Gasteiger partial charge in [-0.05, 0) is 24.3 Å². The van der Waals surface area contributed by atoms with Gasteiger partial charge in [-0.1, -0.05) is 35.5 Å². The Labute approximate surface area is 189 Å². The van der Waals surface area contributed by atoms with E-state index in [9.17, 15) is 4.79 Å². The summed E-state index contributed by atoms with van der Waals surface area (Å²) in [5, 5.41) is 18.9. The Hall–Kier alpha value is -2.46. The molecular weight excluding hydrogens is 436 g/mol. The molecule has 31 heavy (non-hydrogen) atoms. The number of aromatic nitrogens is 4. The molecule has 162 valence electrons. The molecule has 10 heteroatoms. The molecule has 1 aromatic carbocycles. The Morgan fingerprint density at radius 2 is 1.90 bits per heavy atom. The van der Waals surface area contributed by atoms with Crippen LogP contribution in [0.4, 0.5) is 0 Å². The minimum absolute atomic E-state index is 0.0604. The number of carbonyl (C=O) groups excluding carboxylic acids is 1. The van der Waals surface area contributed by atoms with Crippen molar-refractivity contribution in [3.05, 3.63) is 53.8 Å². The standard InChI is InChI=1S/C21H23ClN6O2S/c22-17-5-1-2-6-18(17)28-20(16-4-3-7-23-14-16)24-25-21(28)31-15-19(30)27-10-8-26(9-11-27)12-13-29/h1-7,14,29H,8-13,15H2. The number of pyridine rings is 1. The predicted molar refractivity (Wildman–Crippen MR) is 120 cm³/mol. The number of carbonyl (C=O) groups is 1. The second kappa shape index (κ2) is 10.2. The van der Waals surface area contributed by atoms with Crippen LogP contribution in [-0.4, -0.2) is 85.6 Å². The summed E-state index contributed by atoms with van der Waals surface area (Å²) in [6.45, 7) is 3.67. The van der Waals surface area contributed by atoms with Crippen molar-refractivity contribution in [2.75, 3.05) is 45.1 Å². The molecule has 0 saturated carbocycles. The van der Waals surface area contributed by atoms with Gasteiger partial charge in [-0.2, -0.15) is 0 Å². The third-order valence-electron chi connectivity index (χ3n) is 5.11. The van der Waals surface area contributed by atoms with E-state index in [2.05, 4.69) is 20.1 Å². The number of aliphatic hydroxyl groups is 1. The van der Waals surface area contributed by atoms with Gasteiger partial charge in [0, 0.05) is 50.7 Å². The normalized spacial score (nSPS) is 14.7. The molecule has 1 N–H and O–H groups in total. The maximum Gasteiger partial charge on any atom is 0.233 e. The van der Waals surface area contributed by atoms with Crippen molar-refractivity contribution < 1.29 is 9.90 Å². The molecule has 3 aromatic rings. The number of hydrogen-bond donors (Lipinski definition) is 1. The van der Waals surface area contributed by atoms with E-state index in [1.807, 2.05) is 45.9 Å². The quantitative estimate of drug-likeness (QED) is 0.543. The van der Waals surface area contributed by atoms with Gasteiger partial charge in [-0.25, -0.2) is 0 Å². The molecule has 1 saturated heterocycles. The maximum atomic E-state index is 12.8. The van der Waals surface area contributed by atoms with Crippen LogP contribution >= 0.6 is 23.4 Å². The lowest BCUT2D eigenvalue weighted by Gasteiger charge is -2.34. The van der Waals surface area contributed by atoms with Crippen LogP contribution in [0.5, 0.6) is 0 Å². The summed E-state index contributed by atoms with van der Waals surface area (Å²) >= 11 is 7.82. The third-order valence-corrected chi connectivity index (χ3v) is 6.35. The molecule has 0 atom stereocenters. The highest BCUT2D eigenvalue weighted by atomic mass is 35.5. The summed E-state index contributed by atoms with van der Waals surface area (Å²) in [6.07, 6.45) is 3.43. The zero-order valence-corrected chi connectivity index (χ0v) is 18.5. The van der Waals surface area contributed by atoms with Gasteiger partial charge in [-0.3, -0.25) is 19.2 Å². The van der Waals surface area contributed by atoms with E-state index >= 15 is 0 Å². The molecule has 0 radical (unpaired) electrons. The van der Waals surface area contributed by atoms with Gasteiger partial charge in [0.2, 0.25) is 5.91 Å². The van der Waals surface area contributed by atoms with Crippen molar-refractivity contribution >= 4 is 29.3 Å². The Kier molecular flexibility index (Phi) is 7.18. The highest BCUT2D eigenvalue weighted by Crippen LogP contribution is 2.31. The zero-order chi connectivity index (χ0) is 21.6. The highest BCUT2D eigenvalue weighted by molar-refractivity contribution is 7.99. The summed E-state index contributed by atoms with van der Waals surface area (Å²) in [6, 6.07) is 11.2. The molecule has 0 unspecified atom stereocenters. The predicted octanol–water partition coefficient (Wildman–Crippen LogP) is 2.21. The van der Waals surface area contributed by atoms with Crippen LogP contribution in [0.15, 0.2) is 53.9 Å². The van der Waals surface area contributed by atoms with Crippen molar-refractivity contribution in [3.63, 3.8) is 0 Å². The maximum absolute atomic E-state index is 12.8. The number of β-amino-alcohol motifs (C(OH)–C–C–N with tert-alkyl or cyclic N) is 1. The van der Waals surface area contributed by atoms with Crippen molar-refractivity contribution in [1.82, 2.24) is 29.5 Å². The molecule has 8 nitrogen and oxygen atoms in total. The number of amides is 1. The minimum Gasteiger partial charge on any atom is -0.395 e. The minimum atomic E-state index is 0.0604. The second-order valence-electron chi connectivity index (χ2n) is 7.07. The summed E-state index contributed by atoms with van der Waals surface area (Å²) in [4.78, 5) is 21.0. The number of halogens is 1. The molecule has 3 heterocycles. The molecule has 1 fully saturated rings. The van der Waals surface area contributed by atoms with Crippen LogP contribution in [0.3, 0.4) is 0 Å². The fraction of sp³-hybridized carbons (Fsp3) is 0.333. The zero-order valence-electron chi connectivity index (χ0n) is 16.9. The SMILES string of the molecule is O=C(CSc1nnc(-c2cccnc2)n1-c1ccccc1Cl)N1CCN(CCO)CC1. The van der Waals surface area contributed by atoms with Crippen LogP contribution in [0, 0.1) is 0 Å². The third kappa shape index (κ3) is 5.07. The van der Waals surface area contributed by atoms with Crippen LogP contribution < -0.4 is 0 Å². The summed E-state index contributed by atoms with van der Waals surface area (Å²) in [5.41, 5.74) is 1.56. The van der Waals surface area contributed by atoms with Gasteiger partial charge < -0.3 is 10.0 Å². The number of para-hydroxylation sites is 1. The number of hydrogen-bond acceptors (Lipinski definition) is 7. The van der Waals surface area contributed by atoms with E-state index in [4.69, 9.17) is 16.7 Å². The van der Waals surface area contributed by atoms with E-state index in [1.165, 1.54) is 11.8 Å².